The number of amides is 1. The maximum Gasteiger partial charge on any atom is 0.411 e. The molecule has 2 aliphatic rings. The number of ether oxygens (including phenoxy) is 1. The van der Waals surface area contributed by atoms with E-state index in [2.05, 4.69) is 38.2 Å². The van der Waals surface area contributed by atoms with E-state index in [1.54, 1.807) is 6.20 Å². The van der Waals surface area contributed by atoms with Crippen LogP contribution in [0.3, 0.4) is 0 Å². The molecule has 0 fully saturated rings. The van der Waals surface area contributed by atoms with Crippen molar-refractivity contribution in [3.8, 4) is 16.9 Å². The number of imidazole rings is 1. The number of fused-ring (bicyclic) bond motifs is 3. The summed E-state index contributed by atoms with van der Waals surface area (Å²) in [5, 5.41) is 11.2. The van der Waals surface area contributed by atoms with E-state index in [-0.39, 0.29) is 5.95 Å². The fraction of sp³-hybridized carbons (Fsp3) is 0.370. The van der Waals surface area contributed by atoms with Crippen LogP contribution in [-0.2, 0) is 19.4 Å². The minimum atomic E-state index is -1.18. The van der Waals surface area contributed by atoms with Crippen LogP contribution in [0.25, 0.3) is 22.3 Å². The van der Waals surface area contributed by atoms with E-state index in [1.807, 2.05) is 25.1 Å². The number of anilines is 2. The SMILES string of the molecule is CC[C@H]1CCc2c(nc(C)nc2N2CCOc3ccc(-c4cnc5nc(NC(=O)O)[nH]c5c4)cc3C2)C1. The van der Waals surface area contributed by atoms with E-state index in [1.165, 1.54) is 24.1 Å². The van der Waals surface area contributed by atoms with Crippen LogP contribution in [-0.4, -0.2) is 49.3 Å². The van der Waals surface area contributed by atoms with Crippen LogP contribution in [0.2, 0.25) is 0 Å². The van der Waals surface area contributed by atoms with Gasteiger partial charge in [-0.3, -0.25) is 5.32 Å². The normalized spacial score (nSPS) is 17.0. The number of H-pyrrole nitrogens is 1. The molecule has 37 heavy (non-hydrogen) atoms. The maximum absolute atomic E-state index is 10.9. The molecule has 1 aromatic carbocycles. The fourth-order valence-electron chi connectivity index (χ4n) is 5.37. The highest BCUT2D eigenvalue weighted by Crippen LogP contribution is 2.35. The number of benzene rings is 1. The third-order valence-corrected chi connectivity index (χ3v) is 7.28. The number of rotatable bonds is 4. The number of nitrogens with one attached hydrogen (secondary N) is 2. The molecular formula is C27H29N7O3. The van der Waals surface area contributed by atoms with Gasteiger partial charge in [0, 0.05) is 35.1 Å². The molecule has 10 nitrogen and oxygen atoms in total. The highest BCUT2D eigenvalue weighted by atomic mass is 16.5. The van der Waals surface area contributed by atoms with Gasteiger partial charge in [0.1, 0.15) is 24.0 Å². The largest absolute Gasteiger partial charge is 0.491 e. The molecule has 0 spiro atoms. The Morgan fingerprint density at radius 3 is 2.97 bits per heavy atom. The number of aromatic nitrogens is 5. The number of nitrogens with zero attached hydrogens (tertiary/aromatic N) is 5. The molecule has 3 aromatic heterocycles. The topological polar surface area (TPSA) is 129 Å². The standard InChI is InChI=1S/C27H29N7O3/c1-3-16-4-6-20-21(10-16)29-15(2)30-25(20)34-8-9-37-23-7-5-17(11-19(23)14-34)18-12-22-24(28-13-18)32-26(31-22)33-27(35)36/h5,7,11-13,16H,3-4,6,8-10,14H2,1-2H3,(H,35,36)(H2,28,31,32,33)/t16-/m0/s1. The number of carbonyl (C=O) groups is 1. The smallest absolute Gasteiger partial charge is 0.411 e. The molecule has 0 bridgehead atoms. The minimum absolute atomic E-state index is 0.145. The van der Waals surface area contributed by atoms with Crippen molar-refractivity contribution in [2.45, 2.75) is 46.1 Å². The van der Waals surface area contributed by atoms with Crippen molar-refractivity contribution in [1.29, 1.82) is 0 Å². The number of hydrogen-bond donors (Lipinski definition) is 3. The van der Waals surface area contributed by atoms with Crippen molar-refractivity contribution < 1.29 is 14.6 Å². The molecular weight excluding hydrogens is 470 g/mol. The van der Waals surface area contributed by atoms with Crippen molar-refractivity contribution in [3.05, 3.63) is 53.1 Å². The Bertz CT molecular complexity index is 1500. The van der Waals surface area contributed by atoms with Gasteiger partial charge in [0.15, 0.2) is 5.65 Å². The molecule has 3 N–H and O–H groups in total. The summed E-state index contributed by atoms with van der Waals surface area (Å²) < 4.78 is 6.13. The molecule has 0 saturated heterocycles. The van der Waals surface area contributed by atoms with Gasteiger partial charge in [0.25, 0.3) is 0 Å². The molecule has 1 amide bonds. The second kappa shape index (κ2) is 9.34. The molecule has 4 heterocycles. The molecule has 6 rings (SSSR count). The minimum Gasteiger partial charge on any atom is -0.491 e. The monoisotopic (exact) mass is 499 g/mol. The van der Waals surface area contributed by atoms with Crippen LogP contribution < -0.4 is 15.0 Å². The van der Waals surface area contributed by atoms with Crippen LogP contribution in [0.4, 0.5) is 16.6 Å². The first-order valence-electron chi connectivity index (χ1n) is 12.7. The van der Waals surface area contributed by atoms with Gasteiger partial charge in [-0.15, -0.1) is 0 Å². The molecule has 0 unspecified atom stereocenters. The average Bonchev–Trinajstić information content (AvgIpc) is 3.15. The van der Waals surface area contributed by atoms with Crippen molar-refractivity contribution >= 4 is 29.0 Å². The van der Waals surface area contributed by atoms with Crippen molar-refractivity contribution in [2.75, 3.05) is 23.4 Å². The van der Waals surface area contributed by atoms with Gasteiger partial charge in [0.2, 0.25) is 5.95 Å². The van der Waals surface area contributed by atoms with E-state index in [9.17, 15) is 4.79 Å². The zero-order valence-corrected chi connectivity index (χ0v) is 20.9. The molecule has 0 radical (unpaired) electrons. The van der Waals surface area contributed by atoms with Crippen molar-refractivity contribution in [1.82, 2.24) is 24.9 Å². The first-order valence-corrected chi connectivity index (χ1v) is 12.7. The van der Waals surface area contributed by atoms with Crippen LogP contribution in [0.15, 0.2) is 30.5 Å². The predicted octanol–water partition coefficient (Wildman–Crippen LogP) is 4.73. The number of hydrogen-bond acceptors (Lipinski definition) is 7. The van der Waals surface area contributed by atoms with E-state index in [0.717, 1.165) is 53.5 Å². The van der Waals surface area contributed by atoms with Gasteiger partial charge < -0.3 is 19.7 Å². The second-order valence-electron chi connectivity index (χ2n) is 9.74. The van der Waals surface area contributed by atoms with E-state index in [4.69, 9.17) is 19.8 Å². The van der Waals surface area contributed by atoms with Crippen molar-refractivity contribution in [3.63, 3.8) is 0 Å². The first-order chi connectivity index (χ1) is 18.0. The molecule has 0 saturated carbocycles. The van der Waals surface area contributed by atoms with Gasteiger partial charge in [-0.2, -0.15) is 4.98 Å². The molecule has 1 aliphatic carbocycles. The fourth-order valence-corrected chi connectivity index (χ4v) is 5.37. The summed E-state index contributed by atoms with van der Waals surface area (Å²) in [5.74, 6) is 3.58. The summed E-state index contributed by atoms with van der Waals surface area (Å²) in [6.45, 7) is 6.27. The number of aryl methyl sites for hydroxylation is 1. The summed E-state index contributed by atoms with van der Waals surface area (Å²) >= 11 is 0. The molecule has 1 atom stereocenters. The Morgan fingerprint density at radius 2 is 2.14 bits per heavy atom. The van der Waals surface area contributed by atoms with E-state index in [0.29, 0.717) is 30.2 Å². The maximum atomic E-state index is 10.9. The summed E-state index contributed by atoms with van der Waals surface area (Å²) in [7, 11) is 0. The zero-order valence-electron chi connectivity index (χ0n) is 20.9. The van der Waals surface area contributed by atoms with Crippen LogP contribution in [0, 0.1) is 12.8 Å². The predicted molar refractivity (Wildman–Crippen MR) is 140 cm³/mol. The van der Waals surface area contributed by atoms with Crippen LogP contribution >= 0.6 is 0 Å². The third kappa shape index (κ3) is 4.54. The lowest BCUT2D eigenvalue weighted by Crippen LogP contribution is -2.29. The van der Waals surface area contributed by atoms with Gasteiger partial charge in [-0.05, 0) is 55.9 Å². The molecule has 1 aliphatic heterocycles. The Labute approximate surface area is 214 Å². The quantitative estimate of drug-likeness (QED) is 0.368. The molecule has 190 valence electrons. The van der Waals surface area contributed by atoms with Gasteiger partial charge in [-0.1, -0.05) is 19.4 Å². The third-order valence-electron chi connectivity index (χ3n) is 7.28. The van der Waals surface area contributed by atoms with E-state index < -0.39 is 6.09 Å². The summed E-state index contributed by atoms with van der Waals surface area (Å²) in [6.07, 6.45) is 4.98. The van der Waals surface area contributed by atoms with Crippen molar-refractivity contribution in [2.24, 2.45) is 5.92 Å². The molecule has 4 aromatic rings. The average molecular weight is 500 g/mol. The highest BCUT2D eigenvalue weighted by molar-refractivity contribution is 5.85. The summed E-state index contributed by atoms with van der Waals surface area (Å²) in [4.78, 5) is 34.5. The highest BCUT2D eigenvalue weighted by Gasteiger charge is 2.27. The first kappa shape index (κ1) is 23.2. The Hall–Kier alpha value is -4.21. The van der Waals surface area contributed by atoms with Crippen LogP contribution in [0.1, 0.15) is 42.4 Å². The van der Waals surface area contributed by atoms with Crippen LogP contribution in [0.5, 0.6) is 5.75 Å². The lowest BCUT2D eigenvalue weighted by Gasteiger charge is -2.29. The van der Waals surface area contributed by atoms with E-state index >= 15 is 0 Å². The Morgan fingerprint density at radius 1 is 1.24 bits per heavy atom. The Balaban J connectivity index is 1.32. The number of pyridine rings is 1. The lowest BCUT2D eigenvalue weighted by molar-refractivity contribution is 0.209. The summed E-state index contributed by atoms with van der Waals surface area (Å²) in [6, 6.07) is 8.09. The van der Waals surface area contributed by atoms with Gasteiger partial charge in [-0.25, -0.2) is 19.7 Å². The number of aromatic amines is 1. The Kier molecular flexibility index (Phi) is 5.86. The van der Waals surface area contributed by atoms with Gasteiger partial charge in [0.05, 0.1) is 12.1 Å². The summed E-state index contributed by atoms with van der Waals surface area (Å²) in [5.41, 5.74) is 6.57. The second-order valence-corrected chi connectivity index (χ2v) is 9.74. The number of carboxylic acid groups (broad SMARTS) is 1. The molecule has 10 heteroatoms. The van der Waals surface area contributed by atoms with Gasteiger partial charge >= 0.3 is 6.09 Å². The zero-order chi connectivity index (χ0) is 25.5. The lowest BCUT2D eigenvalue weighted by atomic mass is 9.85.